The van der Waals surface area contributed by atoms with Crippen LogP contribution in [0.5, 0.6) is 0 Å². The molecule has 0 bridgehead atoms. The lowest BCUT2D eigenvalue weighted by atomic mass is 9.46. The monoisotopic (exact) mass is 280 g/mol. The minimum atomic E-state index is -0.0902. The molecule has 0 spiro atoms. The van der Waals surface area contributed by atoms with Crippen LogP contribution in [0.3, 0.4) is 0 Å². The Balaban J connectivity index is 1.58. The molecule has 3 unspecified atom stereocenters. The first-order valence-corrected chi connectivity index (χ1v) is 8.50. The van der Waals surface area contributed by atoms with Crippen molar-refractivity contribution < 1.29 is 4.74 Å². The van der Waals surface area contributed by atoms with Crippen molar-refractivity contribution in [2.45, 2.75) is 70.9 Å². The Morgan fingerprint density at radius 3 is 2.50 bits per heavy atom. The minimum absolute atomic E-state index is 0.0902. The Labute approximate surface area is 124 Å². The Bertz CT molecular complexity index is 362. The van der Waals surface area contributed by atoms with Gasteiger partial charge in [-0.15, -0.1) is 0 Å². The normalized spacial score (nSPS) is 42.0. The van der Waals surface area contributed by atoms with Gasteiger partial charge in [0.05, 0.1) is 6.10 Å². The summed E-state index contributed by atoms with van der Waals surface area (Å²) in [5.41, 5.74) is 7.34. The van der Waals surface area contributed by atoms with Gasteiger partial charge in [-0.3, -0.25) is 0 Å². The Morgan fingerprint density at radius 1 is 1.10 bits per heavy atom. The van der Waals surface area contributed by atoms with E-state index in [1.165, 1.54) is 38.5 Å². The molecule has 1 saturated heterocycles. The van der Waals surface area contributed by atoms with Gasteiger partial charge in [-0.05, 0) is 31.1 Å². The van der Waals surface area contributed by atoms with Crippen molar-refractivity contribution in [1.82, 2.24) is 5.32 Å². The van der Waals surface area contributed by atoms with E-state index in [-0.39, 0.29) is 11.0 Å². The molecule has 1 heterocycles. The van der Waals surface area contributed by atoms with Crippen LogP contribution < -0.4 is 11.1 Å². The Kier molecular flexibility index (Phi) is 3.67. The van der Waals surface area contributed by atoms with Crippen molar-refractivity contribution >= 4 is 0 Å². The third-order valence-corrected chi connectivity index (χ3v) is 6.67. The zero-order valence-corrected chi connectivity index (χ0v) is 13.5. The maximum Gasteiger partial charge on any atom is 0.0690 e. The summed E-state index contributed by atoms with van der Waals surface area (Å²) >= 11 is 0. The van der Waals surface area contributed by atoms with Gasteiger partial charge in [0.25, 0.3) is 0 Å². The van der Waals surface area contributed by atoms with E-state index in [0.29, 0.717) is 17.4 Å². The summed E-state index contributed by atoms with van der Waals surface area (Å²) < 4.78 is 5.98. The van der Waals surface area contributed by atoms with Crippen LogP contribution in [-0.2, 0) is 4.74 Å². The van der Waals surface area contributed by atoms with Crippen molar-refractivity contribution in [2.75, 3.05) is 19.7 Å². The van der Waals surface area contributed by atoms with Crippen molar-refractivity contribution in [1.29, 1.82) is 0 Å². The summed E-state index contributed by atoms with van der Waals surface area (Å²) in [4.78, 5) is 0. The molecule has 0 aromatic rings. The molecule has 20 heavy (non-hydrogen) atoms. The molecule has 3 heteroatoms. The second-order valence-corrected chi connectivity index (χ2v) is 8.42. The van der Waals surface area contributed by atoms with Crippen LogP contribution in [-0.4, -0.2) is 31.3 Å². The first kappa shape index (κ1) is 14.8. The number of rotatable bonds is 4. The van der Waals surface area contributed by atoms with E-state index >= 15 is 0 Å². The van der Waals surface area contributed by atoms with Crippen LogP contribution in [0.2, 0.25) is 0 Å². The van der Waals surface area contributed by atoms with Gasteiger partial charge >= 0.3 is 0 Å². The van der Waals surface area contributed by atoms with Crippen LogP contribution in [0.15, 0.2) is 0 Å². The fourth-order valence-electron chi connectivity index (χ4n) is 5.00. The molecule has 1 aliphatic heterocycles. The maximum atomic E-state index is 6.82. The van der Waals surface area contributed by atoms with E-state index in [9.17, 15) is 0 Å². The summed E-state index contributed by atoms with van der Waals surface area (Å²) in [6.45, 7) is 10.00. The van der Waals surface area contributed by atoms with Crippen molar-refractivity contribution in [3.63, 3.8) is 0 Å². The van der Waals surface area contributed by atoms with Gasteiger partial charge in [-0.2, -0.15) is 0 Å². The van der Waals surface area contributed by atoms with Crippen LogP contribution in [0, 0.1) is 16.7 Å². The van der Waals surface area contributed by atoms with Gasteiger partial charge in [-0.1, -0.05) is 33.6 Å². The Morgan fingerprint density at radius 2 is 1.80 bits per heavy atom. The van der Waals surface area contributed by atoms with Gasteiger partial charge in [0.15, 0.2) is 0 Å². The van der Waals surface area contributed by atoms with Crippen LogP contribution in [0.1, 0.15) is 59.3 Å². The lowest BCUT2D eigenvalue weighted by molar-refractivity contribution is -0.225. The summed E-state index contributed by atoms with van der Waals surface area (Å²) in [5, 5.41) is 3.72. The van der Waals surface area contributed by atoms with Crippen LogP contribution in [0.4, 0.5) is 0 Å². The summed E-state index contributed by atoms with van der Waals surface area (Å²) in [6, 6.07) is 0. The smallest absolute Gasteiger partial charge is 0.0690 e. The van der Waals surface area contributed by atoms with E-state index in [2.05, 4.69) is 26.1 Å². The molecule has 116 valence electrons. The molecule has 0 radical (unpaired) electrons. The topological polar surface area (TPSA) is 47.3 Å². The zero-order chi connectivity index (χ0) is 14.4. The molecule has 0 aromatic carbocycles. The van der Waals surface area contributed by atoms with E-state index in [0.717, 1.165) is 19.7 Å². The standard InChI is InChI=1S/C17H32N2O/c1-15(2)14-13(7-6-10-20-14)17(15,18)12-19-11-16(3)8-4-5-9-16/h13-14,19H,4-12,18H2,1-3H3. The number of hydrogen-bond donors (Lipinski definition) is 2. The van der Waals surface area contributed by atoms with Gasteiger partial charge in [0.1, 0.15) is 0 Å². The first-order valence-electron chi connectivity index (χ1n) is 8.50. The molecular weight excluding hydrogens is 248 g/mol. The van der Waals surface area contributed by atoms with Crippen LogP contribution >= 0.6 is 0 Å². The molecule has 3 rings (SSSR count). The first-order chi connectivity index (χ1) is 9.39. The second kappa shape index (κ2) is 4.96. The average Bonchev–Trinajstić information content (AvgIpc) is 2.85. The number of hydrogen-bond acceptors (Lipinski definition) is 3. The molecule has 0 aromatic heterocycles. The number of nitrogens with two attached hydrogens (primary N) is 1. The van der Waals surface area contributed by atoms with Gasteiger partial charge in [0, 0.05) is 36.6 Å². The third kappa shape index (κ3) is 2.13. The quantitative estimate of drug-likeness (QED) is 0.832. The molecule has 3 aliphatic rings. The lowest BCUT2D eigenvalue weighted by Crippen LogP contribution is -2.80. The van der Waals surface area contributed by atoms with Crippen molar-refractivity contribution in [3.05, 3.63) is 0 Å². The number of fused-ring (bicyclic) bond motifs is 1. The highest BCUT2D eigenvalue weighted by Gasteiger charge is 2.66. The average molecular weight is 280 g/mol. The van der Waals surface area contributed by atoms with Gasteiger partial charge < -0.3 is 15.8 Å². The second-order valence-electron chi connectivity index (χ2n) is 8.42. The maximum absolute atomic E-state index is 6.82. The third-order valence-electron chi connectivity index (χ3n) is 6.67. The van der Waals surface area contributed by atoms with Crippen LogP contribution in [0.25, 0.3) is 0 Å². The lowest BCUT2D eigenvalue weighted by Gasteiger charge is -2.66. The number of nitrogens with one attached hydrogen (secondary N) is 1. The molecule has 0 amide bonds. The number of ether oxygens (including phenoxy) is 1. The largest absolute Gasteiger partial charge is 0.377 e. The van der Waals surface area contributed by atoms with E-state index in [4.69, 9.17) is 10.5 Å². The molecular formula is C17H32N2O. The fraction of sp³-hybridized carbons (Fsp3) is 1.00. The molecule has 2 aliphatic carbocycles. The predicted molar refractivity (Wildman–Crippen MR) is 82.6 cm³/mol. The van der Waals surface area contributed by atoms with E-state index in [1.54, 1.807) is 0 Å². The molecule has 3 fully saturated rings. The molecule has 2 saturated carbocycles. The molecule has 3 nitrogen and oxygen atoms in total. The minimum Gasteiger partial charge on any atom is -0.377 e. The predicted octanol–water partition coefficient (Wildman–Crippen LogP) is 2.69. The van der Waals surface area contributed by atoms with Gasteiger partial charge in [0.2, 0.25) is 0 Å². The highest BCUT2D eigenvalue weighted by molar-refractivity contribution is 5.20. The van der Waals surface area contributed by atoms with E-state index < -0.39 is 0 Å². The zero-order valence-electron chi connectivity index (χ0n) is 13.5. The summed E-state index contributed by atoms with van der Waals surface area (Å²) in [5.74, 6) is 0.551. The molecule has 3 atom stereocenters. The summed E-state index contributed by atoms with van der Waals surface area (Å²) in [7, 11) is 0. The van der Waals surface area contributed by atoms with Crippen molar-refractivity contribution in [2.24, 2.45) is 22.5 Å². The Hall–Kier alpha value is -0.120. The SMILES string of the molecule is CC1(CNCC2(N)C3CCCOC3C2(C)C)CCCC1. The van der Waals surface area contributed by atoms with E-state index in [1.807, 2.05) is 0 Å². The summed E-state index contributed by atoms with van der Waals surface area (Å²) in [6.07, 6.45) is 8.33. The molecule has 3 N–H and O–H groups in total. The fourth-order valence-corrected chi connectivity index (χ4v) is 5.00. The van der Waals surface area contributed by atoms with Crippen molar-refractivity contribution in [3.8, 4) is 0 Å². The van der Waals surface area contributed by atoms with Gasteiger partial charge in [-0.25, -0.2) is 0 Å². The highest BCUT2D eigenvalue weighted by Crippen LogP contribution is 2.57. The highest BCUT2D eigenvalue weighted by atomic mass is 16.5.